The van der Waals surface area contributed by atoms with Crippen LogP contribution in [0.4, 0.5) is 22.0 Å². The molecule has 3 nitrogen and oxygen atoms in total. The maximum atomic E-state index is 12.5. The first kappa shape index (κ1) is 18.1. The Morgan fingerprint density at radius 3 is 2.52 bits per heavy atom. The van der Waals surface area contributed by atoms with Crippen LogP contribution >= 0.6 is 0 Å². The van der Waals surface area contributed by atoms with E-state index in [9.17, 15) is 22.0 Å². The molecule has 1 N–H and O–H groups in total. The molecule has 1 saturated heterocycles. The van der Waals surface area contributed by atoms with Crippen molar-refractivity contribution >= 4 is 0 Å². The van der Waals surface area contributed by atoms with Crippen molar-refractivity contribution in [3.05, 3.63) is 35.4 Å². The van der Waals surface area contributed by atoms with Crippen LogP contribution in [-0.2, 0) is 17.3 Å². The SMILES string of the molecule is FC(F)OC[C@@H]1CN(CCc2ccc(C(F)(F)F)cc2)CCN1. The summed E-state index contributed by atoms with van der Waals surface area (Å²) >= 11 is 0. The number of ether oxygens (including phenoxy) is 1. The van der Waals surface area contributed by atoms with Crippen LogP contribution in [0, 0.1) is 0 Å². The van der Waals surface area contributed by atoms with Crippen LogP contribution in [0.15, 0.2) is 24.3 Å². The molecule has 2 rings (SSSR count). The zero-order valence-electron chi connectivity index (χ0n) is 12.5. The van der Waals surface area contributed by atoms with Crippen molar-refractivity contribution in [3.8, 4) is 0 Å². The fourth-order valence-electron chi connectivity index (χ4n) is 2.55. The van der Waals surface area contributed by atoms with E-state index in [1.54, 1.807) is 0 Å². The van der Waals surface area contributed by atoms with E-state index in [0.717, 1.165) is 24.2 Å². The smallest absolute Gasteiger partial charge is 0.321 e. The average Bonchev–Trinajstić information content (AvgIpc) is 2.51. The van der Waals surface area contributed by atoms with Gasteiger partial charge in [0, 0.05) is 32.2 Å². The second-order valence-electron chi connectivity index (χ2n) is 5.49. The summed E-state index contributed by atoms with van der Waals surface area (Å²) in [5.74, 6) is 0. The molecule has 0 bridgehead atoms. The summed E-state index contributed by atoms with van der Waals surface area (Å²) in [5, 5.41) is 3.10. The molecule has 0 aliphatic carbocycles. The second-order valence-corrected chi connectivity index (χ2v) is 5.49. The van der Waals surface area contributed by atoms with Gasteiger partial charge in [0.25, 0.3) is 0 Å². The number of hydrogen-bond donors (Lipinski definition) is 1. The zero-order valence-corrected chi connectivity index (χ0v) is 12.5. The van der Waals surface area contributed by atoms with Gasteiger partial charge >= 0.3 is 12.8 Å². The molecule has 0 saturated carbocycles. The Kier molecular flexibility index (Phi) is 6.32. The highest BCUT2D eigenvalue weighted by atomic mass is 19.4. The van der Waals surface area contributed by atoms with Gasteiger partial charge in [0.1, 0.15) is 0 Å². The zero-order chi connectivity index (χ0) is 16.9. The molecule has 0 spiro atoms. The molecule has 130 valence electrons. The number of alkyl halides is 5. The highest BCUT2D eigenvalue weighted by molar-refractivity contribution is 5.24. The van der Waals surface area contributed by atoms with Crippen molar-refractivity contribution in [1.29, 1.82) is 0 Å². The Hall–Kier alpha value is -1.25. The normalized spacial score (nSPS) is 20.2. The summed E-state index contributed by atoms with van der Waals surface area (Å²) in [6, 6.07) is 4.94. The summed E-state index contributed by atoms with van der Waals surface area (Å²) in [6.07, 6.45) is -3.71. The molecule has 0 amide bonds. The first-order chi connectivity index (χ1) is 10.8. The minimum atomic E-state index is -4.32. The minimum absolute atomic E-state index is 0.0611. The van der Waals surface area contributed by atoms with E-state index < -0.39 is 18.4 Å². The third-order valence-electron chi connectivity index (χ3n) is 3.76. The van der Waals surface area contributed by atoms with Crippen LogP contribution in [0.5, 0.6) is 0 Å². The largest absolute Gasteiger partial charge is 0.416 e. The minimum Gasteiger partial charge on any atom is -0.321 e. The molecule has 1 aliphatic rings. The molecule has 1 fully saturated rings. The van der Waals surface area contributed by atoms with Crippen molar-refractivity contribution in [3.63, 3.8) is 0 Å². The number of hydrogen-bond acceptors (Lipinski definition) is 3. The molecule has 23 heavy (non-hydrogen) atoms. The average molecular weight is 338 g/mol. The molecule has 0 unspecified atom stereocenters. The van der Waals surface area contributed by atoms with Crippen LogP contribution in [0.2, 0.25) is 0 Å². The molecular formula is C15H19F5N2O. The van der Waals surface area contributed by atoms with Gasteiger partial charge in [-0.25, -0.2) is 0 Å². The first-order valence-corrected chi connectivity index (χ1v) is 7.36. The van der Waals surface area contributed by atoms with E-state index in [1.807, 2.05) is 0 Å². The molecule has 1 heterocycles. The standard InChI is InChI=1S/C15H19F5N2O/c16-14(17)23-10-13-9-22(8-6-21-13)7-5-11-1-3-12(4-2-11)15(18,19)20/h1-4,13-14,21H,5-10H2/t13-/m0/s1. The first-order valence-electron chi connectivity index (χ1n) is 7.36. The molecule has 0 aromatic heterocycles. The monoisotopic (exact) mass is 338 g/mol. The lowest BCUT2D eigenvalue weighted by Crippen LogP contribution is -2.53. The lowest BCUT2D eigenvalue weighted by Gasteiger charge is -2.33. The third kappa shape index (κ3) is 6.04. The van der Waals surface area contributed by atoms with Gasteiger partial charge in [0.15, 0.2) is 0 Å². The number of rotatable bonds is 6. The van der Waals surface area contributed by atoms with Gasteiger partial charge in [0.05, 0.1) is 12.2 Å². The van der Waals surface area contributed by atoms with Crippen LogP contribution in [0.3, 0.4) is 0 Å². The summed E-state index contributed by atoms with van der Waals surface area (Å²) in [6.45, 7) is -0.157. The van der Waals surface area contributed by atoms with Crippen molar-refractivity contribution in [2.24, 2.45) is 0 Å². The topological polar surface area (TPSA) is 24.5 Å². The van der Waals surface area contributed by atoms with E-state index in [1.165, 1.54) is 12.1 Å². The van der Waals surface area contributed by atoms with E-state index in [0.29, 0.717) is 26.1 Å². The van der Waals surface area contributed by atoms with E-state index >= 15 is 0 Å². The van der Waals surface area contributed by atoms with Gasteiger partial charge in [-0.15, -0.1) is 0 Å². The number of piperazine rings is 1. The van der Waals surface area contributed by atoms with Gasteiger partial charge in [-0.1, -0.05) is 12.1 Å². The summed E-state index contributed by atoms with van der Waals surface area (Å²) in [4.78, 5) is 2.09. The fraction of sp³-hybridized carbons (Fsp3) is 0.600. The van der Waals surface area contributed by atoms with Crippen molar-refractivity contribution in [2.45, 2.75) is 25.3 Å². The van der Waals surface area contributed by atoms with Crippen molar-refractivity contribution in [2.75, 3.05) is 32.8 Å². The van der Waals surface area contributed by atoms with E-state index in [4.69, 9.17) is 0 Å². The Morgan fingerprint density at radius 2 is 1.91 bits per heavy atom. The van der Waals surface area contributed by atoms with Gasteiger partial charge in [-0.05, 0) is 24.1 Å². The predicted molar refractivity (Wildman–Crippen MR) is 75.3 cm³/mol. The summed E-state index contributed by atoms with van der Waals surface area (Å²) in [5.41, 5.74) is 0.157. The van der Waals surface area contributed by atoms with Gasteiger partial charge in [-0.2, -0.15) is 22.0 Å². The van der Waals surface area contributed by atoms with Crippen molar-refractivity contribution in [1.82, 2.24) is 10.2 Å². The lowest BCUT2D eigenvalue weighted by molar-refractivity contribution is -0.137. The fourth-order valence-corrected chi connectivity index (χ4v) is 2.55. The maximum Gasteiger partial charge on any atom is 0.416 e. The van der Waals surface area contributed by atoms with E-state index in [-0.39, 0.29) is 12.6 Å². The van der Waals surface area contributed by atoms with Crippen LogP contribution in [0.1, 0.15) is 11.1 Å². The molecule has 0 radical (unpaired) electrons. The molecule has 1 aromatic carbocycles. The Bertz CT molecular complexity index is 478. The van der Waals surface area contributed by atoms with E-state index in [2.05, 4.69) is 15.0 Å². The predicted octanol–water partition coefficient (Wildman–Crippen LogP) is 2.76. The highest BCUT2D eigenvalue weighted by Gasteiger charge is 2.30. The number of halogens is 5. The Morgan fingerprint density at radius 1 is 1.22 bits per heavy atom. The van der Waals surface area contributed by atoms with Gasteiger partial charge in [0.2, 0.25) is 0 Å². The molecule has 1 aromatic rings. The number of benzene rings is 1. The Labute approximate surface area is 131 Å². The quantitative estimate of drug-likeness (QED) is 0.808. The Balaban J connectivity index is 1.78. The number of nitrogens with one attached hydrogen (secondary N) is 1. The highest BCUT2D eigenvalue weighted by Crippen LogP contribution is 2.29. The lowest BCUT2D eigenvalue weighted by atomic mass is 10.1. The second kappa shape index (κ2) is 8.03. The van der Waals surface area contributed by atoms with Crippen LogP contribution < -0.4 is 5.32 Å². The summed E-state index contributed by atoms with van der Waals surface area (Å²) < 4.78 is 65.8. The van der Waals surface area contributed by atoms with Gasteiger partial charge in [-0.3, -0.25) is 0 Å². The third-order valence-corrected chi connectivity index (χ3v) is 3.76. The molecule has 1 atom stereocenters. The molecule has 1 aliphatic heterocycles. The summed E-state index contributed by atoms with van der Waals surface area (Å²) in [7, 11) is 0. The van der Waals surface area contributed by atoms with Gasteiger partial charge < -0.3 is 15.0 Å². The number of nitrogens with zero attached hydrogens (tertiary/aromatic N) is 1. The molecular weight excluding hydrogens is 319 g/mol. The van der Waals surface area contributed by atoms with Crippen LogP contribution in [-0.4, -0.2) is 50.3 Å². The van der Waals surface area contributed by atoms with Crippen LogP contribution in [0.25, 0.3) is 0 Å². The molecule has 8 heteroatoms. The maximum absolute atomic E-state index is 12.5. The van der Waals surface area contributed by atoms with Crippen molar-refractivity contribution < 1.29 is 26.7 Å².